The van der Waals surface area contributed by atoms with Gasteiger partial charge in [0.25, 0.3) is 0 Å². The minimum absolute atomic E-state index is 0.827. The molecule has 11 heterocycles. The summed E-state index contributed by atoms with van der Waals surface area (Å²) in [5.41, 5.74) is 0. The first kappa shape index (κ1) is 112. The molecule has 0 aliphatic carbocycles. The summed E-state index contributed by atoms with van der Waals surface area (Å²) in [4.78, 5) is 66.2. The second kappa shape index (κ2) is 48.8. The molecule has 0 aromatic carbocycles. The van der Waals surface area contributed by atoms with E-state index < -0.39 is 433 Å². The molecule has 34 N–H and O–H groups in total. The molecule has 0 saturated carbocycles. The van der Waals surface area contributed by atoms with Crippen LogP contribution in [-0.2, 0) is 123 Å². The van der Waals surface area contributed by atoms with Crippen molar-refractivity contribution in [3.63, 3.8) is 0 Å². The van der Waals surface area contributed by atoms with E-state index in [-0.39, 0.29) is 0 Å². The number of carbonyl (C=O) groups is 5. The maximum absolute atomic E-state index is 13.9. The van der Waals surface area contributed by atoms with Gasteiger partial charge in [0.05, 0.1) is 72.2 Å². The van der Waals surface area contributed by atoms with Gasteiger partial charge in [-0.3, -0.25) is 24.0 Å². The van der Waals surface area contributed by atoms with Gasteiger partial charge in [-0.15, -0.1) is 0 Å². The van der Waals surface area contributed by atoms with Gasteiger partial charge >= 0.3 is 0 Å². The van der Waals surface area contributed by atoms with Crippen LogP contribution in [-0.4, -0.2) is 581 Å². The number of carbonyl (C=O) groups excluding carboxylic acids is 5. The molecule has 11 fully saturated rings. The van der Waals surface area contributed by atoms with Gasteiger partial charge in [-0.25, -0.2) is 0 Å². The van der Waals surface area contributed by atoms with E-state index in [1.54, 1.807) is 0 Å². The second-order valence-electron chi connectivity index (χ2n) is 34.5. The summed E-state index contributed by atoms with van der Waals surface area (Å²) in [6.45, 7) is -6.21. The summed E-state index contributed by atoms with van der Waals surface area (Å²) >= 11 is 0. The minimum atomic E-state index is -2.77. The molecule has 0 aromatic rings. The molecule has 11 aliphatic heterocycles. The van der Waals surface area contributed by atoms with E-state index >= 15 is 0 Å². The molecule has 786 valence electrons. The fraction of sp³-hybridized carbons (Fsp3) is 0.934. The Kier molecular flexibility index (Phi) is 40.1. The SMILES string of the molecule is CC(=O)N[C@@H]1[C@@H](O)[C@H](O[C@@H]2O[C@H](CO)[C@@H](O[C@@H]3O[C@H](CO[C@@H]4O[C@H](CO)[C@@H](O[C@@H]5O[C@H](CO)[C@H](O)[C@H](O)[C@H]5O)[C@H](O)[C@H]4NC(C)=O)[C@@H](O)[C@H](O[C@@H]4O[C@H](CO)[C@@H](O)[C@H](O[C@@H]5O[C@H](CO)[C@@H](O[C@@H]6O[C@H](CO)[C@H](O)[C@H](O)[C@H]6O)[C@H](O[C@@H]6O[C@@H](C)[C@@H](O)[C@@H](O)[C@@H]6O)[C@H]5NC(C)=O)[C@@H]4O[C@@H]4O[C@H](CO)[C@@H](O[C@@H]5O[C@H](CO)[C@H](O)[C@H](O)[C@H]5O)[C@H](O)[C@H]4NC(C)=O)[C@@H]3O)[C@H](O)[C@H]2NC(C)=O)[C@@H](CO)O[C@H]1O. The lowest BCUT2D eigenvalue weighted by molar-refractivity contribution is -0.411. The molecule has 55 atom stereocenters. The molecule has 60 heteroatoms. The number of amides is 5. The minimum Gasteiger partial charge on any atom is -0.394 e. The van der Waals surface area contributed by atoms with Crippen molar-refractivity contribution >= 4 is 29.5 Å². The quantitative estimate of drug-likeness (QED) is 0.0280. The predicted octanol–water partition coefficient (Wildman–Crippen LogP) is -23.2. The highest BCUT2D eigenvalue weighted by Gasteiger charge is 2.64. The molecule has 60 nitrogen and oxygen atoms in total. The van der Waals surface area contributed by atoms with E-state index in [9.17, 15) is 172 Å². The molecule has 0 unspecified atom stereocenters. The van der Waals surface area contributed by atoms with Crippen LogP contribution in [0.4, 0.5) is 0 Å². The Balaban J connectivity index is 1.03. The van der Waals surface area contributed by atoms with Crippen LogP contribution in [0, 0.1) is 0 Å². The monoisotopic (exact) mass is 1990 g/mol. The van der Waals surface area contributed by atoms with Crippen LogP contribution in [0.2, 0.25) is 0 Å². The lowest BCUT2D eigenvalue weighted by atomic mass is 9.93. The Morgan fingerprint density at radius 1 is 0.206 bits per heavy atom. The lowest BCUT2D eigenvalue weighted by Crippen LogP contribution is -2.72. The van der Waals surface area contributed by atoms with Crippen LogP contribution in [0.15, 0.2) is 0 Å². The maximum Gasteiger partial charge on any atom is 0.217 e. The number of rotatable bonds is 35. The molecular formula is C76H127N5O55. The number of nitrogens with one attached hydrogen (secondary N) is 5. The summed E-state index contributed by atoms with van der Waals surface area (Å²) in [6, 6.07) is -10.1. The first-order valence-corrected chi connectivity index (χ1v) is 43.5. The van der Waals surface area contributed by atoms with Crippen molar-refractivity contribution in [3.05, 3.63) is 0 Å². The largest absolute Gasteiger partial charge is 0.394 e. The van der Waals surface area contributed by atoms with Gasteiger partial charge in [0, 0.05) is 34.6 Å². The fourth-order valence-corrected chi connectivity index (χ4v) is 17.8. The Labute approximate surface area is 770 Å². The van der Waals surface area contributed by atoms with Crippen molar-refractivity contribution in [1.82, 2.24) is 26.6 Å². The molecular weight excluding hydrogens is 1860 g/mol. The van der Waals surface area contributed by atoms with E-state index in [1.807, 2.05) is 0 Å². The van der Waals surface area contributed by atoms with E-state index in [4.69, 9.17) is 99.5 Å². The van der Waals surface area contributed by atoms with Crippen molar-refractivity contribution in [2.45, 2.75) is 379 Å². The first-order chi connectivity index (χ1) is 64.3. The van der Waals surface area contributed by atoms with E-state index in [0.29, 0.717) is 0 Å². The van der Waals surface area contributed by atoms with E-state index in [2.05, 4.69) is 26.6 Å². The van der Waals surface area contributed by atoms with Crippen molar-refractivity contribution < 1.29 is 272 Å². The highest BCUT2D eigenvalue weighted by atomic mass is 16.8. The zero-order valence-electron chi connectivity index (χ0n) is 73.4. The highest BCUT2D eigenvalue weighted by Crippen LogP contribution is 2.43. The maximum atomic E-state index is 13.9. The topological polar surface area (TPSA) is 926 Å². The van der Waals surface area contributed by atoms with E-state index in [1.165, 1.54) is 6.92 Å². The van der Waals surface area contributed by atoms with Crippen LogP contribution in [0.25, 0.3) is 0 Å². The Hall–Kier alpha value is -4.65. The molecule has 136 heavy (non-hydrogen) atoms. The van der Waals surface area contributed by atoms with Crippen LogP contribution >= 0.6 is 0 Å². The molecule has 11 aliphatic rings. The molecule has 0 spiro atoms. The van der Waals surface area contributed by atoms with Gasteiger partial charge < -0.3 is 274 Å². The summed E-state index contributed by atoms with van der Waals surface area (Å²) in [5, 5.41) is 340. The van der Waals surface area contributed by atoms with Crippen LogP contribution in [0.5, 0.6) is 0 Å². The number of aliphatic hydroxyl groups is 29. The van der Waals surface area contributed by atoms with Crippen molar-refractivity contribution in [3.8, 4) is 0 Å². The van der Waals surface area contributed by atoms with Gasteiger partial charge in [0.2, 0.25) is 29.5 Å². The van der Waals surface area contributed by atoms with Gasteiger partial charge in [0.1, 0.15) is 262 Å². The number of hydrogen-bond acceptors (Lipinski definition) is 55. The summed E-state index contributed by atoms with van der Waals surface area (Å²) < 4.78 is 128. The smallest absolute Gasteiger partial charge is 0.217 e. The Morgan fingerprint density at radius 2 is 0.456 bits per heavy atom. The van der Waals surface area contributed by atoms with Gasteiger partial charge in [-0.2, -0.15) is 0 Å². The summed E-state index contributed by atoms with van der Waals surface area (Å²) in [6.07, 6.45) is -109. The van der Waals surface area contributed by atoms with Crippen molar-refractivity contribution in [2.24, 2.45) is 0 Å². The predicted molar refractivity (Wildman–Crippen MR) is 419 cm³/mol. The standard InChI is InChI=1S/C76H127N5O55/c1-17-38(96)48(106)52(110)71(117-17)133-62-37(81-22(6)95)70(126-31(15-90)61(62)132-74-55(113)51(109)41(99)25(9-84)121-74)135-64-42(100)26(10-85)122-76(65(64)136-69-36(80-21(5)94)47(105)59(29(13-88)125-69)130-73-54(112)50(108)40(98)24(8-83)120-73)134-63-43(101)32(16-116-67-34(78-19(3)92)45(103)58(28(12-87)123-67)129-72-53(111)49(107)39(97)23(7-82)119-72)127-75(56(63)114)131-60-30(14-89)124-68(35(46(60)104)79-20(4)93)128-57-27(11-86)118-66(115)33(44(57)102)77-18(2)91/h17,23-76,82-90,96-115H,7-16H2,1-6H3,(H,77,91)(H,78,92)(H,79,93)(H,80,94)(H,81,95)/t17-,23+,24+,25+,26+,27+,28+,29+,30+,31+,32+,33+,34+,35+,36+,37+,38+,39-,40-,41-,42+,43+,44+,45+,46+,47+,48+,49-,50-,51-,52-,53+,54+,55+,56-,57+,58+,59+,60+,61+,62+,63-,64-,65-,66+,67+,68-,69-,70-,71-,72-,73-,74-,75-,76-/m0/s1. The molecule has 11 saturated heterocycles. The number of aliphatic hydroxyl groups excluding tert-OH is 29. The second-order valence-corrected chi connectivity index (χ2v) is 34.5. The molecule has 5 amide bonds. The van der Waals surface area contributed by atoms with Crippen LogP contribution < -0.4 is 26.6 Å². The molecule has 0 radical (unpaired) electrons. The summed E-state index contributed by atoms with van der Waals surface area (Å²) in [7, 11) is 0. The van der Waals surface area contributed by atoms with Gasteiger partial charge in [-0.05, 0) is 6.92 Å². The molecule has 0 bridgehead atoms. The molecule has 0 aromatic heterocycles. The fourth-order valence-electron chi connectivity index (χ4n) is 17.8. The van der Waals surface area contributed by atoms with Crippen molar-refractivity contribution in [2.75, 3.05) is 66.1 Å². The first-order valence-electron chi connectivity index (χ1n) is 43.5. The van der Waals surface area contributed by atoms with E-state index in [0.717, 1.165) is 34.6 Å². The van der Waals surface area contributed by atoms with Gasteiger partial charge in [-0.1, -0.05) is 0 Å². The number of hydrogen-bond donors (Lipinski definition) is 34. The zero-order valence-corrected chi connectivity index (χ0v) is 73.4. The van der Waals surface area contributed by atoms with Crippen molar-refractivity contribution in [1.29, 1.82) is 0 Å². The van der Waals surface area contributed by atoms with Gasteiger partial charge in [0.15, 0.2) is 69.2 Å². The number of ether oxygens (including phenoxy) is 21. The van der Waals surface area contributed by atoms with Crippen LogP contribution in [0.1, 0.15) is 41.5 Å². The Morgan fingerprint density at radius 3 is 0.853 bits per heavy atom. The lowest BCUT2D eigenvalue weighted by Gasteiger charge is -2.53. The third-order valence-electron chi connectivity index (χ3n) is 24.9. The third kappa shape index (κ3) is 24.6. The average molecular weight is 1990 g/mol. The normalized spacial score (nSPS) is 49.2. The van der Waals surface area contributed by atoms with Crippen LogP contribution in [0.3, 0.4) is 0 Å². The summed E-state index contributed by atoms with van der Waals surface area (Å²) in [5.74, 6) is -5.01. The Bertz CT molecular complexity index is 3760. The highest BCUT2D eigenvalue weighted by molar-refractivity contribution is 5.75. The molecule has 11 rings (SSSR count). The zero-order chi connectivity index (χ0) is 100. The third-order valence-corrected chi connectivity index (χ3v) is 24.9. The average Bonchev–Trinajstić information content (AvgIpc) is 0.756.